The van der Waals surface area contributed by atoms with Gasteiger partial charge in [-0.1, -0.05) is 31.5 Å². The summed E-state index contributed by atoms with van der Waals surface area (Å²) in [5.41, 5.74) is 1.20. The van der Waals surface area contributed by atoms with Crippen molar-refractivity contribution in [1.82, 2.24) is 15.3 Å². The van der Waals surface area contributed by atoms with Gasteiger partial charge in [-0.05, 0) is 39.5 Å². The number of carbonyl (C=O) groups excluding carboxylic acids is 2. The number of nitrogens with one attached hydrogen (secondary N) is 1. The van der Waals surface area contributed by atoms with Crippen LogP contribution in [0.5, 0.6) is 0 Å². The molecule has 1 aliphatic carbocycles. The summed E-state index contributed by atoms with van der Waals surface area (Å²) in [6, 6.07) is 0.276. The van der Waals surface area contributed by atoms with Crippen LogP contribution in [0.4, 0.5) is 0 Å². The first kappa shape index (κ1) is 17.9. The highest BCUT2D eigenvalue weighted by Gasteiger charge is 2.23. The third-order valence-electron chi connectivity index (χ3n) is 4.32. The fourth-order valence-corrected chi connectivity index (χ4v) is 4.09. The average Bonchev–Trinajstić information content (AvgIpc) is 2.46. The Bertz CT molecular complexity index is 604. The van der Waals surface area contributed by atoms with Gasteiger partial charge in [0.15, 0.2) is 5.78 Å². The second kappa shape index (κ2) is 7.90. The van der Waals surface area contributed by atoms with E-state index in [1.165, 1.54) is 37.9 Å². The maximum absolute atomic E-state index is 12.2. The molecule has 1 fully saturated rings. The largest absolute Gasteiger partial charge is 0.352 e. The Morgan fingerprint density at radius 2 is 1.91 bits per heavy atom. The number of hydrogen-bond acceptors (Lipinski definition) is 5. The minimum atomic E-state index is -0.0636. The molecule has 2 rings (SSSR count). The van der Waals surface area contributed by atoms with Crippen LogP contribution in [0.1, 0.15) is 61.4 Å². The molecule has 0 spiro atoms. The summed E-state index contributed by atoms with van der Waals surface area (Å²) in [7, 11) is 0. The van der Waals surface area contributed by atoms with E-state index in [4.69, 9.17) is 0 Å². The molecular formula is C17H25N3O2S. The predicted octanol–water partition coefficient (Wildman–Crippen LogP) is 3.08. The van der Waals surface area contributed by atoms with Gasteiger partial charge in [-0.15, -0.1) is 0 Å². The van der Waals surface area contributed by atoms with Gasteiger partial charge in [0, 0.05) is 6.04 Å². The normalized spacial score (nSPS) is 21.0. The van der Waals surface area contributed by atoms with E-state index >= 15 is 0 Å². The summed E-state index contributed by atoms with van der Waals surface area (Å²) in [6.45, 7) is 7.31. The molecule has 1 aliphatic rings. The van der Waals surface area contributed by atoms with Gasteiger partial charge in [-0.3, -0.25) is 9.59 Å². The van der Waals surface area contributed by atoms with Crippen LogP contribution in [-0.2, 0) is 4.79 Å². The fraction of sp³-hybridized carbons (Fsp3) is 0.647. The van der Waals surface area contributed by atoms with Gasteiger partial charge in [-0.25, -0.2) is 9.97 Å². The maximum Gasteiger partial charge on any atom is 0.230 e. The lowest BCUT2D eigenvalue weighted by atomic mass is 9.86. The van der Waals surface area contributed by atoms with Crippen molar-refractivity contribution in [3.05, 3.63) is 17.1 Å². The summed E-state index contributed by atoms with van der Waals surface area (Å²) in [5.74, 6) is 1.38. The Morgan fingerprint density at radius 1 is 1.22 bits per heavy atom. The van der Waals surface area contributed by atoms with Crippen molar-refractivity contribution in [3.8, 4) is 0 Å². The van der Waals surface area contributed by atoms with E-state index in [1.54, 1.807) is 13.8 Å². The van der Waals surface area contributed by atoms with E-state index in [0.29, 0.717) is 28.0 Å². The van der Waals surface area contributed by atoms with Crippen LogP contribution < -0.4 is 5.32 Å². The molecule has 5 nitrogen and oxygen atoms in total. The predicted molar refractivity (Wildman–Crippen MR) is 91.8 cm³/mol. The van der Waals surface area contributed by atoms with Crippen LogP contribution in [-0.4, -0.2) is 33.5 Å². The molecular weight excluding hydrogens is 310 g/mol. The van der Waals surface area contributed by atoms with Crippen LogP contribution in [0.15, 0.2) is 5.03 Å². The first-order valence-electron chi connectivity index (χ1n) is 8.16. The smallest absolute Gasteiger partial charge is 0.230 e. The molecule has 1 saturated carbocycles. The average molecular weight is 335 g/mol. The van der Waals surface area contributed by atoms with E-state index in [0.717, 1.165) is 6.42 Å². The summed E-state index contributed by atoms with van der Waals surface area (Å²) >= 11 is 1.32. The van der Waals surface area contributed by atoms with Crippen LogP contribution in [0.3, 0.4) is 0 Å². The summed E-state index contributed by atoms with van der Waals surface area (Å²) in [5, 5.41) is 3.73. The first-order valence-corrected chi connectivity index (χ1v) is 9.15. The lowest BCUT2D eigenvalue weighted by Gasteiger charge is -2.29. The molecule has 1 heterocycles. The molecule has 23 heavy (non-hydrogen) atoms. The van der Waals surface area contributed by atoms with Crippen molar-refractivity contribution >= 4 is 23.5 Å². The molecule has 1 amide bonds. The molecule has 0 aromatic carbocycles. The molecule has 6 heteroatoms. The molecule has 0 saturated heterocycles. The molecule has 2 atom stereocenters. The van der Waals surface area contributed by atoms with Gasteiger partial charge in [0.25, 0.3) is 0 Å². The first-order chi connectivity index (χ1) is 10.9. The monoisotopic (exact) mass is 335 g/mol. The lowest BCUT2D eigenvalue weighted by Crippen LogP contribution is -2.41. The van der Waals surface area contributed by atoms with Crippen molar-refractivity contribution in [3.63, 3.8) is 0 Å². The number of rotatable bonds is 5. The minimum Gasteiger partial charge on any atom is -0.352 e. The summed E-state index contributed by atoms with van der Waals surface area (Å²) in [6.07, 6.45) is 4.67. The Hall–Kier alpha value is -1.43. The van der Waals surface area contributed by atoms with Crippen molar-refractivity contribution < 1.29 is 9.59 Å². The third kappa shape index (κ3) is 4.77. The number of aryl methyl sites for hydroxylation is 2. The van der Waals surface area contributed by atoms with Crippen molar-refractivity contribution in [2.45, 2.75) is 64.4 Å². The molecule has 1 aromatic heterocycles. The fourth-order valence-electron chi connectivity index (χ4n) is 3.10. The van der Waals surface area contributed by atoms with E-state index in [1.807, 2.05) is 0 Å². The topological polar surface area (TPSA) is 72.0 Å². The SMILES string of the molecule is CC(=O)c1c(C)nc(C)nc1SCC(=O)N[C@@H]1CCCC[C@H]1C. The van der Waals surface area contributed by atoms with Gasteiger partial charge in [0.1, 0.15) is 10.9 Å². The van der Waals surface area contributed by atoms with Crippen LogP contribution in [0.25, 0.3) is 0 Å². The van der Waals surface area contributed by atoms with Crippen molar-refractivity contribution in [1.29, 1.82) is 0 Å². The molecule has 0 radical (unpaired) electrons. The molecule has 126 valence electrons. The van der Waals surface area contributed by atoms with Gasteiger partial charge < -0.3 is 5.32 Å². The zero-order valence-corrected chi connectivity index (χ0v) is 15.1. The van der Waals surface area contributed by atoms with E-state index in [9.17, 15) is 9.59 Å². The number of nitrogens with zero attached hydrogens (tertiary/aromatic N) is 2. The highest BCUT2D eigenvalue weighted by Crippen LogP contribution is 2.25. The number of aromatic nitrogens is 2. The standard InChI is InChI=1S/C17H25N3O2S/c1-10-7-5-6-8-14(10)20-15(22)9-23-17-16(12(3)21)11(2)18-13(4)19-17/h10,14H,5-9H2,1-4H3,(H,20,22)/t10-,14-/m1/s1. The second-order valence-electron chi connectivity index (χ2n) is 6.32. The number of thioether (sulfide) groups is 1. The highest BCUT2D eigenvalue weighted by molar-refractivity contribution is 8.00. The molecule has 0 bridgehead atoms. The Morgan fingerprint density at radius 3 is 2.57 bits per heavy atom. The van der Waals surface area contributed by atoms with Gasteiger partial charge in [0.05, 0.1) is 17.0 Å². The number of hydrogen-bond donors (Lipinski definition) is 1. The minimum absolute atomic E-state index is 0.0113. The summed E-state index contributed by atoms with van der Waals surface area (Å²) < 4.78 is 0. The van der Waals surface area contributed by atoms with Gasteiger partial charge >= 0.3 is 0 Å². The lowest BCUT2D eigenvalue weighted by molar-refractivity contribution is -0.119. The quantitative estimate of drug-likeness (QED) is 0.508. The Labute approximate surface area is 142 Å². The zero-order valence-electron chi connectivity index (χ0n) is 14.3. The number of Topliss-reactive ketones (excluding diaryl/α,β-unsaturated/α-hetero) is 1. The van der Waals surface area contributed by atoms with Crippen molar-refractivity contribution in [2.75, 3.05) is 5.75 Å². The molecule has 0 aliphatic heterocycles. The third-order valence-corrected chi connectivity index (χ3v) is 5.29. The molecule has 1 aromatic rings. The van der Waals surface area contributed by atoms with Crippen molar-refractivity contribution in [2.24, 2.45) is 5.92 Å². The highest BCUT2D eigenvalue weighted by atomic mass is 32.2. The van der Waals surface area contributed by atoms with Crippen LogP contribution >= 0.6 is 11.8 Å². The molecule has 1 N–H and O–H groups in total. The maximum atomic E-state index is 12.2. The van der Waals surface area contributed by atoms with Crippen LogP contribution in [0.2, 0.25) is 0 Å². The van der Waals surface area contributed by atoms with E-state index < -0.39 is 0 Å². The van der Waals surface area contributed by atoms with Crippen LogP contribution in [0, 0.1) is 19.8 Å². The van der Waals surface area contributed by atoms with E-state index in [2.05, 4.69) is 22.2 Å². The number of amides is 1. The Balaban J connectivity index is 2.00. The van der Waals surface area contributed by atoms with E-state index in [-0.39, 0.29) is 23.5 Å². The number of ketones is 1. The number of carbonyl (C=O) groups is 2. The second-order valence-corrected chi connectivity index (χ2v) is 7.28. The zero-order chi connectivity index (χ0) is 17.0. The Kier molecular flexibility index (Phi) is 6.16. The summed E-state index contributed by atoms with van der Waals surface area (Å²) in [4.78, 5) is 32.6. The van der Waals surface area contributed by atoms with Gasteiger partial charge in [0.2, 0.25) is 5.91 Å². The molecule has 0 unspecified atom stereocenters. The van der Waals surface area contributed by atoms with Gasteiger partial charge in [-0.2, -0.15) is 0 Å².